The molecule has 0 fully saturated rings. The minimum absolute atomic E-state index is 0.497. The second kappa shape index (κ2) is 4.74. The van der Waals surface area contributed by atoms with Gasteiger partial charge in [-0.3, -0.25) is 0 Å². The topological polar surface area (TPSA) is 26.3 Å². The van der Waals surface area contributed by atoms with Crippen molar-refractivity contribution >= 4 is 14.0 Å². The minimum Gasteiger partial charge on any atom is -0.440 e. The first kappa shape index (κ1) is 11.8. The van der Waals surface area contributed by atoms with Gasteiger partial charge in [0.1, 0.15) is 8.07 Å². The van der Waals surface area contributed by atoms with Gasteiger partial charge in [-0.15, -0.1) is 12.0 Å². The summed E-state index contributed by atoms with van der Waals surface area (Å²) >= 11 is 0. The van der Waals surface area contributed by atoms with Gasteiger partial charge in [-0.2, -0.15) is 0 Å². The molecule has 0 aliphatic carbocycles. The Morgan fingerprint density at radius 1 is 1.46 bits per heavy atom. The lowest BCUT2D eigenvalue weighted by molar-refractivity contribution is -0.138. The summed E-state index contributed by atoms with van der Waals surface area (Å²) in [7, 11) is -1.49. The fourth-order valence-electron chi connectivity index (χ4n) is 0.463. The number of esters is 1. The number of carbonyl (C=O) groups excluding carboxylic acids is 1. The van der Waals surface area contributed by atoms with Crippen LogP contribution in [0, 0.1) is 23.8 Å². The molecule has 0 unspecified atom stereocenters. The van der Waals surface area contributed by atoms with Crippen LogP contribution < -0.4 is 0 Å². The van der Waals surface area contributed by atoms with E-state index in [-0.39, 0.29) is 0 Å². The zero-order valence-corrected chi connectivity index (χ0v) is 9.47. The molecule has 0 N–H and O–H groups in total. The minimum atomic E-state index is -1.49. The van der Waals surface area contributed by atoms with Crippen LogP contribution in [0.3, 0.4) is 0 Å². The van der Waals surface area contributed by atoms with Crippen LogP contribution in [0.25, 0.3) is 0 Å². The third kappa shape index (κ3) is 7.18. The summed E-state index contributed by atoms with van der Waals surface area (Å²) in [5.74, 6) is 4.20. The molecule has 0 aromatic heterocycles. The number of hydrogen-bond acceptors (Lipinski definition) is 2. The Bertz CT molecular complexity index is 283. The first-order valence-corrected chi connectivity index (χ1v) is 7.55. The fraction of sp³-hybridized carbons (Fsp3) is 0.500. The molecular formula is C10H14O2Si. The number of ether oxygens (including phenoxy) is 1. The molecule has 1 atom stereocenters. The van der Waals surface area contributed by atoms with E-state index in [0.717, 1.165) is 0 Å². The lowest BCUT2D eigenvalue weighted by atomic mass is 10.4. The van der Waals surface area contributed by atoms with Gasteiger partial charge in [-0.25, -0.2) is 4.79 Å². The molecule has 0 aliphatic heterocycles. The second-order valence-corrected chi connectivity index (χ2v) is 8.46. The van der Waals surface area contributed by atoms with Gasteiger partial charge in [-0.1, -0.05) is 25.6 Å². The maximum absolute atomic E-state index is 11.0. The molecule has 2 nitrogen and oxygen atoms in total. The summed E-state index contributed by atoms with van der Waals surface area (Å²) in [4.78, 5) is 11.0. The fourth-order valence-corrected chi connectivity index (χ4v) is 0.940. The Morgan fingerprint density at radius 3 is 2.38 bits per heavy atom. The Kier molecular flexibility index (Phi) is 4.31. The first-order valence-electron chi connectivity index (χ1n) is 4.05. The van der Waals surface area contributed by atoms with Gasteiger partial charge < -0.3 is 4.74 Å². The SMILES string of the molecule is C#C[C@@H](C)OC(=O)C#C[Si](C)(C)C. The molecule has 0 rings (SSSR count). The highest BCUT2D eigenvalue weighted by Gasteiger charge is 2.09. The average molecular weight is 194 g/mol. The van der Waals surface area contributed by atoms with Crippen LogP contribution in [0.4, 0.5) is 0 Å². The zero-order chi connectivity index (χ0) is 10.5. The van der Waals surface area contributed by atoms with Gasteiger partial charge in [0.2, 0.25) is 0 Å². The molecule has 0 aliphatic rings. The summed E-state index contributed by atoms with van der Waals surface area (Å²) in [5, 5.41) is 0. The van der Waals surface area contributed by atoms with Gasteiger partial charge in [0, 0.05) is 5.92 Å². The van der Waals surface area contributed by atoms with Gasteiger partial charge in [0.15, 0.2) is 6.10 Å². The van der Waals surface area contributed by atoms with Crippen LogP contribution in [0.15, 0.2) is 0 Å². The lowest BCUT2D eigenvalue weighted by Crippen LogP contribution is -2.18. The quantitative estimate of drug-likeness (QED) is 0.358. The van der Waals surface area contributed by atoms with Crippen LogP contribution >= 0.6 is 0 Å². The van der Waals surface area contributed by atoms with Crippen molar-refractivity contribution in [2.75, 3.05) is 0 Å². The van der Waals surface area contributed by atoms with Gasteiger partial charge in [-0.05, 0) is 6.92 Å². The largest absolute Gasteiger partial charge is 0.440 e. The van der Waals surface area contributed by atoms with E-state index < -0.39 is 20.1 Å². The highest BCUT2D eigenvalue weighted by Crippen LogP contribution is 1.96. The number of carbonyl (C=O) groups is 1. The van der Waals surface area contributed by atoms with Gasteiger partial charge in [0.05, 0.1) is 0 Å². The van der Waals surface area contributed by atoms with Crippen molar-refractivity contribution in [1.29, 1.82) is 0 Å². The van der Waals surface area contributed by atoms with Crippen LogP contribution in [0.5, 0.6) is 0 Å². The summed E-state index contributed by atoms with van der Waals surface area (Å²) in [6, 6.07) is 0. The molecule has 13 heavy (non-hydrogen) atoms. The van der Waals surface area contributed by atoms with Crippen molar-refractivity contribution in [2.24, 2.45) is 0 Å². The Morgan fingerprint density at radius 2 is 2.00 bits per heavy atom. The molecule has 0 saturated carbocycles. The van der Waals surface area contributed by atoms with Crippen molar-refractivity contribution in [3.63, 3.8) is 0 Å². The lowest BCUT2D eigenvalue weighted by Gasteiger charge is -2.04. The molecule has 0 amide bonds. The molecular weight excluding hydrogens is 180 g/mol. The third-order valence-electron chi connectivity index (χ3n) is 1.06. The van der Waals surface area contributed by atoms with E-state index >= 15 is 0 Å². The number of hydrogen-bond donors (Lipinski definition) is 0. The van der Waals surface area contributed by atoms with E-state index in [9.17, 15) is 4.79 Å². The number of rotatable bonds is 1. The molecule has 0 saturated heterocycles. The molecule has 0 aromatic rings. The summed E-state index contributed by atoms with van der Waals surface area (Å²) in [6.07, 6.45) is 4.54. The average Bonchev–Trinajstić information content (AvgIpc) is 1.99. The van der Waals surface area contributed by atoms with E-state index in [2.05, 4.69) is 37.0 Å². The number of terminal acetylenes is 1. The second-order valence-electron chi connectivity index (χ2n) is 3.71. The molecule has 0 heterocycles. The van der Waals surface area contributed by atoms with Crippen LogP contribution in [-0.2, 0) is 9.53 Å². The highest BCUT2D eigenvalue weighted by molar-refractivity contribution is 6.84. The van der Waals surface area contributed by atoms with Crippen LogP contribution in [0.2, 0.25) is 19.6 Å². The Hall–Kier alpha value is -1.19. The van der Waals surface area contributed by atoms with E-state index in [1.165, 1.54) is 0 Å². The maximum atomic E-state index is 11.0. The predicted octanol–water partition coefficient (Wildman–Crippen LogP) is 1.43. The Labute approximate surface area is 80.7 Å². The smallest absolute Gasteiger partial charge is 0.384 e. The van der Waals surface area contributed by atoms with E-state index in [1.54, 1.807) is 6.92 Å². The maximum Gasteiger partial charge on any atom is 0.384 e. The van der Waals surface area contributed by atoms with Crippen molar-refractivity contribution in [1.82, 2.24) is 0 Å². The molecule has 3 heteroatoms. The van der Waals surface area contributed by atoms with Crippen molar-refractivity contribution in [3.05, 3.63) is 0 Å². The van der Waals surface area contributed by atoms with Crippen molar-refractivity contribution in [2.45, 2.75) is 32.7 Å². The van der Waals surface area contributed by atoms with Gasteiger partial charge in [0.25, 0.3) is 0 Å². The van der Waals surface area contributed by atoms with Crippen LogP contribution in [-0.4, -0.2) is 20.1 Å². The summed E-state index contributed by atoms with van der Waals surface area (Å²) in [6.45, 7) is 7.79. The summed E-state index contributed by atoms with van der Waals surface area (Å²) in [5.41, 5.74) is 2.90. The predicted molar refractivity (Wildman–Crippen MR) is 55.5 cm³/mol. The van der Waals surface area contributed by atoms with E-state index in [1.807, 2.05) is 0 Å². The third-order valence-corrected chi connectivity index (χ3v) is 1.93. The normalized spacial score (nSPS) is 11.9. The molecule has 0 aromatic carbocycles. The van der Waals surface area contributed by atoms with Crippen LogP contribution in [0.1, 0.15) is 6.92 Å². The van der Waals surface area contributed by atoms with E-state index in [0.29, 0.717) is 0 Å². The van der Waals surface area contributed by atoms with Gasteiger partial charge >= 0.3 is 5.97 Å². The van der Waals surface area contributed by atoms with Crippen molar-refractivity contribution in [3.8, 4) is 23.8 Å². The standard InChI is InChI=1S/C10H14O2Si/c1-6-9(2)12-10(11)7-8-13(3,4)5/h1,9H,2-5H3/t9-/m1/s1. The molecule has 70 valence electrons. The van der Waals surface area contributed by atoms with E-state index in [4.69, 9.17) is 11.2 Å². The molecule has 0 bridgehead atoms. The Balaban J connectivity index is 4.16. The first-order chi connectivity index (χ1) is 5.85. The zero-order valence-electron chi connectivity index (χ0n) is 8.47. The van der Waals surface area contributed by atoms with Crippen molar-refractivity contribution < 1.29 is 9.53 Å². The molecule has 0 radical (unpaired) electrons. The summed E-state index contributed by atoms with van der Waals surface area (Å²) < 4.78 is 4.77. The highest BCUT2D eigenvalue weighted by atomic mass is 28.3. The monoisotopic (exact) mass is 194 g/mol. The molecule has 0 spiro atoms.